The third kappa shape index (κ3) is 4.12. The summed E-state index contributed by atoms with van der Waals surface area (Å²) in [5.74, 6) is -0.172. The van der Waals surface area contributed by atoms with Gasteiger partial charge in [0.15, 0.2) is 0 Å². The van der Waals surface area contributed by atoms with E-state index in [4.69, 9.17) is 10.5 Å². The van der Waals surface area contributed by atoms with E-state index in [1.54, 1.807) is 18.0 Å². The Hall–Kier alpha value is -1.40. The van der Waals surface area contributed by atoms with E-state index >= 15 is 0 Å². The first kappa shape index (κ1) is 14.7. The van der Waals surface area contributed by atoms with Crippen LogP contribution in [-0.4, -0.2) is 35.4 Å². The monoisotopic (exact) mass is 254 g/mol. The average molecular weight is 254 g/mol. The molecule has 102 valence electrons. The molecule has 0 bridgehead atoms. The number of hydrogen-bond acceptors (Lipinski definition) is 4. The van der Waals surface area contributed by atoms with Crippen molar-refractivity contribution in [3.63, 3.8) is 0 Å². The van der Waals surface area contributed by atoms with Crippen LogP contribution in [0.25, 0.3) is 0 Å². The minimum absolute atomic E-state index is 0.172. The highest BCUT2D eigenvalue weighted by Gasteiger charge is 2.15. The number of nitrogens with zero attached hydrogens (tertiary/aromatic N) is 2. The Kier molecular flexibility index (Phi) is 5.80. The summed E-state index contributed by atoms with van der Waals surface area (Å²) in [6.07, 6.45) is 3.95. The van der Waals surface area contributed by atoms with Crippen LogP contribution in [0.1, 0.15) is 25.5 Å². The zero-order valence-electron chi connectivity index (χ0n) is 11.3. The van der Waals surface area contributed by atoms with Crippen LogP contribution >= 0.6 is 0 Å². The maximum Gasteiger partial charge on any atom is 0.241 e. The summed E-state index contributed by atoms with van der Waals surface area (Å²) in [7, 11) is 3.46. The van der Waals surface area contributed by atoms with Crippen LogP contribution in [0.2, 0.25) is 0 Å². The Bertz CT molecular complexity index is 389. The number of aromatic nitrogens is 2. The van der Waals surface area contributed by atoms with Crippen molar-refractivity contribution in [1.82, 2.24) is 9.78 Å². The van der Waals surface area contributed by atoms with E-state index in [1.807, 2.05) is 14.0 Å². The third-order valence-electron chi connectivity index (χ3n) is 2.70. The molecule has 0 spiro atoms. The molecule has 0 aliphatic carbocycles. The number of aryl methyl sites for hydroxylation is 2. The van der Waals surface area contributed by atoms with Crippen molar-refractivity contribution in [2.75, 3.05) is 19.0 Å². The van der Waals surface area contributed by atoms with Gasteiger partial charge in [0.25, 0.3) is 0 Å². The van der Waals surface area contributed by atoms with Gasteiger partial charge in [0, 0.05) is 27.0 Å². The molecule has 0 saturated carbocycles. The Morgan fingerprint density at radius 1 is 1.67 bits per heavy atom. The molecule has 18 heavy (non-hydrogen) atoms. The van der Waals surface area contributed by atoms with Crippen molar-refractivity contribution >= 4 is 11.6 Å². The number of anilines is 1. The van der Waals surface area contributed by atoms with Gasteiger partial charge in [-0.2, -0.15) is 5.10 Å². The minimum atomic E-state index is -0.509. The average Bonchev–Trinajstić information content (AvgIpc) is 2.69. The molecule has 1 heterocycles. The molecule has 1 aromatic rings. The van der Waals surface area contributed by atoms with Crippen molar-refractivity contribution in [2.24, 2.45) is 12.8 Å². The second kappa shape index (κ2) is 7.13. The molecule has 3 N–H and O–H groups in total. The van der Waals surface area contributed by atoms with Gasteiger partial charge in [-0.15, -0.1) is 0 Å². The molecule has 1 rings (SSSR count). The smallest absolute Gasteiger partial charge is 0.241 e. The van der Waals surface area contributed by atoms with Crippen LogP contribution in [0.4, 0.5) is 5.69 Å². The molecule has 6 nitrogen and oxygen atoms in total. The highest BCUT2D eigenvalue weighted by Crippen LogP contribution is 2.14. The number of amides is 1. The van der Waals surface area contributed by atoms with Crippen molar-refractivity contribution in [3.8, 4) is 0 Å². The lowest BCUT2D eigenvalue weighted by molar-refractivity contribution is -0.117. The fourth-order valence-electron chi connectivity index (χ4n) is 1.70. The Labute approximate surface area is 107 Å². The van der Waals surface area contributed by atoms with E-state index in [2.05, 4.69) is 10.4 Å². The minimum Gasteiger partial charge on any atom is -0.385 e. The predicted molar refractivity (Wildman–Crippen MR) is 70.3 cm³/mol. The molecule has 0 saturated heterocycles. The maximum atomic E-state index is 11.9. The highest BCUT2D eigenvalue weighted by molar-refractivity contribution is 5.95. The van der Waals surface area contributed by atoms with E-state index in [1.165, 1.54) is 0 Å². The largest absolute Gasteiger partial charge is 0.385 e. The van der Waals surface area contributed by atoms with Gasteiger partial charge in [-0.1, -0.05) is 6.92 Å². The number of rotatable bonds is 7. The normalized spacial score (nSPS) is 12.4. The van der Waals surface area contributed by atoms with Crippen LogP contribution in [0.3, 0.4) is 0 Å². The first-order valence-electron chi connectivity index (χ1n) is 6.16. The first-order chi connectivity index (χ1) is 8.58. The summed E-state index contributed by atoms with van der Waals surface area (Å²) in [4.78, 5) is 11.9. The first-order valence-corrected chi connectivity index (χ1v) is 6.16. The number of carbonyl (C=O) groups excluding carboxylic acids is 1. The lowest BCUT2D eigenvalue weighted by Crippen LogP contribution is -2.35. The van der Waals surface area contributed by atoms with Crippen LogP contribution in [0.5, 0.6) is 0 Å². The molecule has 1 amide bonds. The second-order valence-electron chi connectivity index (χ2n) is 4.25. The van der Waals surface area contributed by atoms with Gasteiger partial charge in [0.05, 0.1) is 17.4 Å². The summed E-state index contributed by atoms with van der Waals surface area (Å²) in [5, 5.41) is 7.08. The zero-order valence-corrected chi connectivity index (χ0v) is 11.3. The molecule has 1 aromatic heterocycles. The van der Waals surface area contributed by atoms with Crippen LogP contribution in [-0.2, 0) is 23.0 Å². The number of nitrogens with one attached hydrogen (secondary N) is 1. The fraction of sp³-hybridized carbons (Fsp3) is 0.667. The molecular weight excluding hydrogens is 232 g/mol. The summed E-state index contributed by atoms with van der Waals surface area (Å²) in [6.45, 7) is 2.62. The lowest BCUT2D eigenvalue weighted by atomic mass is 10.1. The van der Waals surface area contributed by atoms with Gasteiger partial charge < -0.3 is 15.8 Å². The van der Waals surface area contributed by atoms with Gasteiger partial charge in [-0.25, -0.2) is 0 Å². The Morgan fingerprint density at radius 3 is 3.00 bits per heavy atom. The van der Waals surface area contributed by atoms with Gasteiger partial charge >= 0.3 is 0 Å². The SMILES string of the molecule is CCc1nn(C)cc1NC(=O)C(N)CCCOC. The molecule has 0 aliphatic heterocycles. The molecule has 1 unspecified atom stereocenters. The summed E-state index contributed by atoms with van der Waals surface area (Å²) < 4.78 is 6.61. The lowest BCUT2D eigenvalue weighted by Gasteiger charge is -2.11. The van der Waals surface area contributed by atoms with Crippen molar-refractivity contribution in [1.29, 1.82) is 0 Å². The molecule has 0 aliphatic rings. The van der Waals surface area contributed by atoms with Crippen LogP contribution in [0.15, 0.2) is 6.20 Å². The fourth-order valence-corrected chi connectivity index (χ4v) is 1.70. The zero-order chi connectivity index (χ0) is 13.5. The topological polar surface area (TPSA) is 82.2 Å². The third-order valence-corrected chi connectivity index (χ3v) is 2.70. The number of carbonyl (C=O) groups is 1. The molecule has 0 radical (unpaired) electrons. The predicted octanol–water partition coefficient (Wildman–Crippen LogP) is 0.675. The number of hydrogen-bond donors (Lipinski definition) is 2. The van der Waals surface area contributed by atoms with Gasteiger partial charge in [-0.05, 0) is 19.3 Å². The number of methoxy groups -OCH3 is 1. The summed E-state index contributed by atoms with van der Waals surface area (Å²) in [5.41, 5.74) is 7.42. The van der Waals surface area contributed by atoms with E-state index in [-0.39, 0.29) is 5.91 Å². The van der Waals surface area contributed by atoms with Gasteiger partial charge in [0.2, 0.25) is 5.91 Å². The standard InChI is InChI=1S/C12H22N4O2/c1-4-10-11(8-16(2)15-10)14-12(17)9(13)6-5-7-18-3/h8-9H,4-7,13H2,1-3H3,(H,14,17). The van der Waals surface area contributed by atoms with E-state index in [0.29, 0.717) is 13.0 Å². The van der Waals surface area contributed by atoms with Crippen molar-refractivity contribution in [3.05, 3.63) is 11.9 Å². The van der Waals surface area contributed by atoms with E-state index < -0.39 is 6.04 Å². The number of nitrogens with two attached hydrogens (primary N) is 1. The molecule has 0 fully saturated rings. The van der Waals surface area contributed by atoms with Crippen LogP contribution < -0.4 is 11.1 Å². The molecule has 6 heteroatoms. The maximum absolute atomic E-state index is 11.9. The van der Waals surface area contributed by atoms with Crippen molar-refractivity contribution in [2.45, 2.75) is 32.2 Å². The molecule has 1 atom stereocenters. The van der Waals surface area contributed by atoms with E-state index in [9.17, 15) is 4.79 Å². The summed E-state index contributed by atoms with van der Waals surface area (Å²) in [6, 6.07) is -0.509. The second-order valence-corrected chi connectivity index (χ2v) is 4.25. The van der Waals surface area contributed by atoms with Gasteiger partial charge in [0.1, 0.15) is 0 Å². The highest BCUT2D eigenvalue weighted by atomic mass is 16.5. The van der Waals surface area contributed by atoms with Crippen LogP contribution in [0, 0.1) is 0 Å². The molecular formula is C12H22N4O2. The Morgan fingerprint density at radius 2 is 2.39 bits per heavy atom. The van der Waals surface area contributed by atoms with Gasteiger partial charge in [-0.3, -0.25) is 9.48 Å². The Balaban J connectivity index is 2.52. The quantitative estimate of drug-likeness (QED) is 0.701. The summed E-state index contributed by atoms with van der Waals surface area (Å²) >= 11 is 0. The van der Waals surface area contributed by atoms with E-state index in [0.717, 1.165) is 24.2 Å². The number of ether oxygens (including phenoxy) is 1. The molecule has 0 aromatic carbocycles. The van der Waals surface area contributed by atoms with Crippen molar-refractivity contribution < 1.29 is 9.53 Å².